The predicted molar refractivity (Wildman–Crippen MR) is 115 cm³/mol. The first kappa shape index (κ1) is 19.9. The van der Waals surface area contributed by atoms with Crippen LogP contribution in [0.2, 0.25) is 4.34 Å². The molecule has 1 aliphatic rings. The Bertz CT molecular complexity index is 972. The molecular formula is C21H23ClN4O2S. The minimum Gasteiger partial charge on any atom is -0.353 e. The van der Waals surface area contributed by atoms with Crippen LogP contribution in [0.15, 0.2) is 41.2 Å². The van der Waals surface area contributed by atoms with Gasteiger partial charge in [0.1, 0.15) is 0 Å². The highest BCUT2D eigenvalue weighted by Crippen LogP contribution is 2.37. The zero-order valence-corrected chi connectivity index (χ0v) is 17.8. The Morgan fingerprint density at radius 1 is 1.28 bits per heavy atom. The summed E-state index contributed by atoms with van der Waals surface area (Å²) in [6.07, 6.45) is 8.41. The first-order chi connectivity index (χ1) is 14.2. The van der Waals surface area contributed by atoms with Crippen molar-refractivity contribution in [1.82, 2.24) is 15.0 Å². The van der Waals surface area contributed by atoms with Gasteiger partial charge < -0.3 is 9.42 Å². The second-order valence-electron chi connectivity index (χ2n) is 7.07. The lowest BCUT2D eigenvalue weighted by atomic mass is 10.0. The predicted octanol–water partition coefficient (Wildman–Crippen LogP) is 6.16. The number of nitrogens with zero attached hydrogens (tertiary/aromatic N) is 3. The molecule has 1 saturated heterocycles. The smallest absolute Gasteiger partial charge is 0.323 e. The van der Waals surface area contributed by atoms with Gasteiger partial charge in [0.25, 0.3) is 0 Å². The van der Waals surface area contributed by atoms with Gasteiger partial charge in [-0.3, -0.25) is 10.3 Å². The summed E-state index contributed by atoms with van der Waals surface area (Å²) in [6, 6.07) is 7.61. The number of hydrogen-bond donors (Lipinski definition) is 1. The van der Waals surface area contributed by atoms with Crippen LogP contribution in [0.4, 0.5) is 10.6 Å². The molecule has 1 fully saturated rings. The Hall–Kier alpha value is -2.38. The van der Waals surface area contributed by atoms with Crippen molar-refractivity contribution in [2.75, 3.05) is 11.9 Å². The minimum absolute atomic E-state index is 0.0352. The molecule has 8 heteroatoms. The van der Waals surface area contributed by atoms with Crippen molar-refractivity contribution in [3.05, 3.63) is 52.1 Å². The van der Waals surface area contributed by atoms with E-state index in [1.54, 1.807) is 12.4 Å². The van der Waals surface area contributed by atoms with Gasteiger partial charge in [0, 0.05) is 24.5 Å². The summed E-state index contributed by atoms with van der Waals surface area (Å²) in [5.41, 5.74) is 1.99. The Kier molecular flexibility index (Phi) is 6.16. The van der Waals surface area contributed by atoms with Gasteiger partial charge in [-0.2, -0.15) is 0 Å². The number of urea groups is 1. The number of aromatic nitrogens is 2. The van der Waals surface area contributed by atoms with Crippen molar-refractivity contribution >= 4 is 34.8 Å². The maximum absolute atomic E-state index is 13.2. The van der Waals surface area contributed by atoms with E-state index >= 15 is 0 Å². The molecule has 1 unspecified atom stereocenters. The SMILES string of the molecule is CCc1c(NC(=O)N2CCCCCC2c2ccncc2)noc1-c1ccc(Cl)s1. The average Bonchev–Trinajstić information content (AvgIpc) is 3.25. The van der Waals surface area contributed by atoms with Crippen molar-refractivity contribution in [1.29, 1.82) is 0 Å². The molecule has 0 spiro atoms. The van der Waals surface area contributed by atoms with E-state index in [0.29, 0.717) is 28.9 Å². The topological polar surface area (TPSA) is 71.3 Å². The molecule has 0 bridgehead atoms. The highest BCUT2D eigenvalue weighted by Gasteiger charge is 2.28. The number of hydrogen-bond acceptors (Lipinski definition) is 5. The van der Waals surface area contributed by atoms with Gasteiger partial charge in [0.2, 0.25) is 0 Å². The molecule has 0 saturated carbocycles. The second kappa shape index (κ2) is 8.97. The summed E-state index contributed by atoms with van der Waals surface area (Å²) in [5, 5.41) is 7.14. The summed E-state index contributed by atoms with van der Waals surface area (Å²) in [4.78, 5) is 20.1. The fourth-order valence-corrected chi connectivity index (χ4v) is 4.87. The Balaban J connectivity index is 1.58. The Morgan fingerprint density at radius 2 is 2.10 bits per heavy atom. The summed E-state index contributed by atoms with van der Waals surface area (Å²) in [6.45, 7) is 2.73. The van der Waals surface area contributed by atoms with E-state index in [9.17, 15) is 4.79 Å². The van der Waals surface area contributed by atoms with Gasteiger partial charge in [-0.1, -0.05) is 36.5 Å². The molecule has 2 amide bonds. The van der Waals surface area contributed by atoms with Gasteiger partial charge >= 0.3 is 6.03 Å². The van der Waals surface area contributed by atoms with Crippen LogP contribution < -0.4 is 5.32 Å². The Morgan fingerprint density at radius 3 is 2.83 bits per heavy atom. The molecule has 4 heterocycles. The summed E-state index contributed by atoms with van der Waals surface area (Å²) < 4.78 is 6.26. The number of pyridine rings is 1. The number of carbonyl (C=O) groups excluding carboxylic acids is 1. The average molecular weight is 431 g/mol. The third-order valence-electron chi connectivity index (χ3n) is 5.27. The van der Waals surface area contributed by atoms with Gasteiger partial charge in [0.05, 0.1) is 15.3 Å². The fraction of sp³-hybridized carbons (Fsp3) is 0.381. The molecule has 0 radical (unpaired) electrons. The molecule has 3 aromatic heterocycles. The Labute approximate surface area is 178 Å². The van der Waals surface area contributed by atoms with Crippen LogP contribution in [-0.2, 0) is 6.42 Å². The maximum Gasteiger partial charge on any atom is 0.323 e. The number of likely N-dealkylation sites (tertiary alicyclic amines) is 1. The molecule has 0 aliphatic carbocycles. The van der Waals surface area contributed by atoms with Crippen molar-refractivity contribution in [2.45, 2.75) is 45.1 Å². The van der Waals surface area contributed by atoms with Crippen molar-refractivity contribution in [3.8, 4) is 10.6 Å². The standard InChI is InChI=1S/C21H23ClN4O2S/c1-2-15-19(17-7-8-18(22)29-17)28-25-20(15)24-21(27)26-13-5-3-4-6-16(26)14-9-11-23-12-10-14/h7-12,16H,2-6,13H2,1H3,(H,24,25,27). The molecule has 6 nitrogen and oxygen atoms in total. The van der Waals surface area contributed by atoms with E-state index in [1.165, 1.54) is 11.3 Å². The van der Waals surface area contributed by atoms with E-state index in [4.69, 9.17) is 16.1 Å². The van der Waals surface area contributed by atoms with Crippen LogP contribution >= 0.6 is 22.9 Å². The van der Waals surface area contributed by atoms with Crippen LogP contribution in [0.3, 0.4) is 0 Å². The molecule has 4 rings (SSSR count). The first-order valence-corrected chi connectivity index (χ1v) is 11.1. The molecule has 152 valence electrons. The van der Waals surface area contributed by atoms with E-state index in [1.807, 2.05) is 36.1 Å². The monoisotopic (exact) mass is 430 g/mol. The molecule has 0 aromatic carbocycles. The largest absolute Gasteiger partial charge is 0.353 e. The van der Waals surface area contributed by atoms with Gasteiger partial charge in [-0.05, 0) is 49.1 Å². The van der Waals surface area contributed by atoms with Gasteiger partial charge in [-0.15, -0.1) is 11.3 Å². The maximum atomic E-state index is 13.2. The molecule has 1 N–H and O–H groups in total. The van der Waals surface area contributed by atoms with Crippen LogP contribution in [0.25, 0.3) is 10.6 Å². The molecule has 1 atom stereocenters. The van der Waals surface area contributed by atoms with E-state index in [-0.39, 0.29) is 12.1 Å². The lowest BCUT2D eigenvalue weighted by molar-refractivity contribution is 0.189. The summed E-state index contributed by atoms with van der Waals surface area (Å²) in [5.74, 6) is 1.15. The fourth-order valence-electron chi connectivity index (χ4n) is 3.82. The third kappa shape index (κ3) is 4.31. The van der Waals surface area contributed by atoms with Crippen molar-refractivity contribution < 1.29 is 9.32 Å². The highest BCUT2D eigenvalue weighted by molar-refractivity contribution is 7.19. The van der Waals surface area contributed by atoms with Gasteiger partial charge in [-0.25, -0.2) is 4.79 Å². The van der Waals surface area contributed by atoms with Crippen LogP contribution in [0, 0.1) is 0 Å². The number of anilines is 1. The minimum atomic E-state index is -0.146. The zero-order chi connectivity index (χ0) is 20.2. The number of thiophene rings is 1. The zero-order valence-electron chi connectivity index (χ0n) is 16.2. The quantitative estimate of drug-likeness (QED) is 0.537. The van der Waals surface area contributed by atoms with Crippen molar-refractivity contribution in [2.24, 2.45) is 0 Å². The number of rotatable bonds is 4. The summed E-state index contributed by atoms with van der Waals surface area (Å²) in [7, 11) is 0. The molecular weight excluding hydrogens is 408 g/mol. The van der Waals surface area contributed by atoms with Gasteiger partial charge in [0.15, 0.2) is 11.6 Å². The lowest BCUT2D eigenvalue weighted by Crippen LogP contribution is -2.38. The third-order valence-corrected chi connectivity index (χ3v) is 6.50. The van der Waals surface area contributed by atoms with E-state index < -0.39 is 0 Å². The highest BCUT2D eigenvalue weighted by atomic mass is 35.5. The van der Waals surface area contributed by atoms with Crippen LogP contribution in [0.1, 0.15) is 49.8 Å². The number of halogens is 1. The number of carbonyl (C=O) groups is 1. The lowest BCUT2D eigenvalue weighted by Gasteiger charge is -2.30. The second-order valence-corrected chi connectivity index (χ2v) is 8.78. The molecule has 29 heavy (non-hydrogen) atoms. The van der Waals surface area contributed by atoms with Crippen LogP contribution in [0.5, 0.6) is 0 Å². The summed E-state index contributed by atoms with van der Waals surface area (Å²) >= 11 is 7.50. The van der Waals surface area contributed by atoms with E-state index in [2.05, 4.69) is 15.5 Å². The van der Waals surface area contributed by atoms with E-state index in [0.717, 1.165) is 41.7 Å². The van der Waals surface area contributed by atoms with Crippen molar-refractivity contribution in [3.63, 3.8) is 0 Å². The number of nitrogens with one attached hydrogen (secondary N) is 1. The molecule has 3 aromatic rings. The number of amides is 2. The molecule has 1 aliphatic heterocycles. The van der Waals surface area contributed by atoms with Crippen LogP contribution in [-0.4, -0.2) is 27.6 Å². The first-order valence-electron chi connectivity index (χ1n) is 9.89. The normalized spacial score (nSPS) is 17.2.